The van der Waals surface area contributed by atoms with Crippen LogP contribution in [0.3, 0.4) is 0 Å². The Hall–Kier alpha value is -0.860. The molecule has 2 aliphatic rings. The first kappa shape index (κ1) is 16.0. The fraction of sp³-hybridized carbons (Fsp3) is 0.700. The van der Waals surface area contributed by atoms with E-state index in [1.165, 1.54) is 43.4 Å². The molecule has 0 radical (unpaired) electrons. The molecule has 3 rings (SSSR count). The van der Waals surface area contributed by atoms with Crippen molar-refractivity contribution in [2.24, 2.45) is 11.7 Å². The van der Waals surface area contributed by atoms with Crippen molar-refractivity contribution in [2.75, 3.05) is 13.1 Å². The number of hydrogen-bond acceptors (Lipinski definition) is 2. The van der Waals surface area contributed by atoms with Crippen LogP contribution in [-0.4, -0.2) is 30.1 Å². The van der Waals surface area contributed by atoms with E-state index >= 15 is 0 Å². The van der Waals surface area contributed by atoms with Crippen molar-refractivity contribution in [3.63, 3.8) is 0 Å². The quantitative estimate of drug-likeness (QED) is 0.892. The van der Waals surface area contributed by atoms with Crippen LogP contribution in [0.5, 0.6) is 0 Å². The number of benzene rings is 1. The molecule has 2 N–H and O–H groups in total. The van der Waals surface area contributed by atoms with Gasteiger partial charge < -0.3 is 5.73 Å². The van der Waals surface area contributed by atoms with Crippen molar-refractivity contribution < 1.29 is 0 Å². The largest absolute Gasteiger partial charge is 0.327 e. The number of hydrogen-bond donors (Lipinski definition) is 1. The molecule has 0 aromatic heterocycles. The zero-order valence-corrected chi connectivity index (χ0v) is 14.3. The molecular formula is C20H32N2. The van der Waals surface area contributed by atoms with Crippen molar-refractivity contribution in [1.29, 1.82) is 0 Å². The Morgan fingerprint density at radius 3 is 2.41 bits per heavy atom. The van der Waals surface area contributed by atoms with Crippen LogP contribution in [0.1, 0.15) is 63.0 Å². The van der Waals surface area contributed by atoms with Crippen molar-refractivity contribution in [3.8, 4) is 0 Å². The Labute approximate surface area is 136 Å². The van der Waals surface area contributed by atoms with E-state index in [2.05, 4.69) is 43.0 Å². The average molecular weight is 300 g/mol. The van der Waals surface area contributed by atoms with E-state index in [0.29, 0.717) is 12.0 Å². The minimum Gasteiger partial charge on any atom is -0.327 e. The molecule has 1 heterocycles. The fourth-order valence-corrected chi connectivity index (χ4v) is 4.43. The van der Waals surface area contributed by atoms with Crippen LogP contribution in [0, 0.1) is 5.92 Å². The normalized spacial score (nSPS) is 28.3. The van der Waals surface area contributed by atoms with Crippen LogP contribution < -0.4 is 5.73 Å². The van der Waals surface area contributed by atoms with E-state index in [1.54, 1.807) is 0 Å². The van der Waals surface area contributed by atoms with Crippen molar-refractivity contribution in [3.05, 3.63) is 35.4 Å². The second-order valence-electron chi connectivity index (χ2n) is 7.41. The van der Waals surface area contributed by atoms with Gasteiger partial charge in [0.05, 0.1) is 0 Å². The van der Waals surface area contributed by atoms with E-state index in [4.69, 9.17) is 5.73 Å². The maximum absolute atomic E-state index is 6.42. The summed E-state index contributed by atoms with van der Waals surface area (Å²) < 4.78 is 0. The summed E-state index contributed by atoms with van der Waals surface area (Å²) in [5.41, 5.74) is 9.34. The van der Waals surface area contributed by atoms with Crippen molar-refractivity contribution in [2.45, 2.75) is 70.4 Å². The Bertz CT molecular complexity index is 463. The van der Waals surface area contributed by atoms with Gasteiger partial charge in [-0.25, -0.2) is 0 Å². The van der Waals surface area contributed by atoms with Gasteiger partial charge in [0, 0.05) is 25.2 Å². The number of nitrogens with zero attached hydrogens (tertiary/aromatic N) is 1. The Balaban J connectivity index is 1.71. The highest BCUT2D eigenvalue weighted by atomic mass is 15.2. The highest BCUT2D eigenvalue weighted by Crippen LogP contribution is 2.37. The molecule has 2 fully saturated rings. The lowest BCUT2D eigenvalue weighted by Gasteiger charge is -2.46. The molecule has 3 unspecified atom stereocenters. The SMILES string of the molecule is CCc1ccc(C2CC(N)CN(C(CC)C3CCC3)C2)cc1. The highest BCUT2D eigenvalue weighted by molar-refractivity contribution is 5.26. The molecular weight excluding hydrogens is 268 g/mol. The van der Waals surface area contributed by atoms with Crippen LogP contribution in [0.15, 0.2) is 24.3 Å². The third-order valence-electron chi connectivity index (χ3n) is 5.95. The van der Waals surface area contributed by atoms with Gasteiger partial charge in [0.25, 0.3) is 0 Å². The molecule has 122 valence electrons. The van der Waals surface area contributed by atoms with Crippen molar-refractivity contribution >= 4 is 0 Å². The van der Waals surface area contributed by atoms with Gasteiger partial charge in [0.2, 0.25) is 0 Å². The molecule has 0 amide bonds. The van der Waals surface area contributed by atoms with Gasteiger partial charge in [-0.3, -0.25) is 4.90 Å². The second-order valence-corrected chi connectivity index (χ2v) is 7.41. The van der Waals surface area contributed by atoms with Crippen LogP contribution >= 0.6 is 0 Å². The summed E-state index contributed by atoms with van der Waals surface area (Å²) in [6.07, 6.45) is 7.83. The summed E-state index contributed by atoms with van der Waals surface area (Å²) in [6.45, 7) is 6.87. The number of likely N-dealkylation sites (tertiary alicyclic amines) is 1. The van der Waals surface area contributed by atoms with Gasteiger partial charge in [0.15, 0.2) is 0 Å². The molecule has 2 nitrogen and oxygen atoms in total. The fourth-order valence-electron chi connectivity index (χ4n) is 4.43. The molecule has 0 bridgehead atoms. The van der Waals surface area contributed by atoms with Crippen LogP contribution in [0.2, 0.25) is 0 Å². The zero-order chi connectivity index (χ0) is 15.5. The highest BCUT2D eigenvalue weighted by Gasteiger charge is 2.35. The molecule has 1 aromatic carbocycles. The maximum atomic E-state index is 6.42. The summed E-state index contributed by atoms with van der Waals surface area (Å²) in [7, 11) is 0. The summed E-state index contributed by atoms with van der Waals surface area (Å²) >= 11 is 0. The standard InChI is InChI=1S/C20H32N2/c1-3-15-8-10-16(11-9-15)18-12-19(21)14-22(13-18)20(4-2)17-6-5-7-17/h8-11,17-20H,3-7,12-14,21H2,1-2H3. The van der Waals surface area contributed by atoms with E-state index in [1.807, 2.05) is 0 Å². The van der Waals surface area contributed by atoms with Gasteiger partial charge in [-0.15, -0.1) is 0 Å². The summed E-state index contributed by atoms with van der Waals surface area (Å²) in [4.78, 5) is 2.72. The Morgan fingerprint density at radius 1 is 1.14 bits per heavy atom. The molecule has 3 atom stereocenters. The third-order valence-corrected chi connectivity index (χ3v) is 5.95. The first-order valence-electron chi connectivity index (χ1n) is 9.29. The number of rotatable bonds is 5. The molecule has 1 saturated carbocycles. The minimum atomic E-state index is 0.332. The van der Waals surface area contributed by atoms with E-state index in [0.717, 1.165) is 31.3 Å². The molecule has 0 spiro atoms. The van der Waals surface area contributed by atoms with Crippen LogP contribution in [0.25, 0.3) is 0 Å². The zero-order valence-electron chi connectivity index (χ0n) is 14.3. The van der Waals surface area contributed by atoms with E-state index in [9.17, 15) is 0 Å². The maximum Gasteiger partial charge on any atom is 0.0174 e. The lowest BCUT2D eigenvalue weighted by atomic mass is 9.76. The van der Waals surface area contributed by atoms with Gasteiger partial charge in [-0.1, -0.05) is 44.5 Å². The van der Waals surface area contributed by atoms with Crippen LogP contribution in [0.4, 0.5) is 0 Å². The Morgan fingerprint density at radius 2 is 1.86 bits per heavy atom. The average Bonchev–Trinajstić information content (AvgIpc) is 2.50. The van der Waals surface area contributed by atoms with Gasteiger partial charge in [-0.2, -0.15) is 0 Å². The molecule has 1 aliphatic carbocycles. The third kappa shape index (κ3) is 3.38. The summed E-state index contributed by atoms with van der Waals surface area (Å²) in [5, 5.41) is 0. The second kappa shape index (κ2) is 7.14. The molecule has 1 aliphatic heterocycles. The van der Waals surface area contributed by atoms with E-state index in [-0.39, 0.29) is 0 Å². The predicted molar refractivity (Wildman–Crippen MR) is 94.1 cm³/mol. The molecule has 1 aromatic rings. The number of aryl methyl sites for hydroxylation is 1. The first-order valence-corrected chi connectivity index (χ1v) is 9.29. The number of piperidine rings is 1. The Kier molecular flexibility index (Phi) is 5.20. The van der Waals surface area contributed by atoms with Crippen LogP contribution in [-0.2, 0) is 6.42 Å². The van der Waals surface area contributed by atoms with Gasteiger partial charge >= 0.3 is 0 Å². The monoisotopic (exact) mass is 300 g/mol. The van der Waals surface area contributed by atoms with Gasteiger partial charge in [-0.05, 0) is 55.1 Å². The number of nitrogens with two attached hydrogens (primary N) is 1. The molecule has 22 heavy (non-hydrogen) atoms. The first-order chi connectivity index (χ1) is 10.7. The smallest absolute Gasteiger partial charge is 0.0174 e. The topological polar surface area (TPSA) is 29.3 Å². The van der Waals surface area contributed by atoms with Gasteiger partial charge in [0.1, 0.15) is 0 Å². The van der Waals surface area contributed by atoms with E-state index < -0.39 is 0 Å². The minimum absolute atomic E-state index is 0.332. The molecule has 1 saturated heterocycles. The predicted octanol–water partition coefficient (Wildman–Crippen LogP) is 3.94. The summed E-state index contributed by atoms with van der Waals surface area (Å²) in [5.74, 6) is 1.54. The lowest BCUT2D eigenvalue weighted by molar-refractivity contribution is 0.0605. The van der Waals surface area contributed by atoms with Crippen molar-refractivity contribution in [1.82, 2.24) is 4.90 Å². The molecule has 2 heteroatoms. The lowest BCUT2D eigenvalue weighted by Crippen LogP contribution is -2.53. The summed E-state index contributed by atoms with van der Waals surface area (Å²) in [6, 6.07) is 10.4.